The van der Waals surface area contributed by atoms with Crippen LogP contribution in [-0.2, 0) is 22.6 Å². The molecule has 1 aromatic carbocycles. The van der Waals surface area contributed by atoms with E-state index < -0.39 is 6.09 Å². The summed E-state index contributed by atoms with van der Waals surface area (Å²) in [6.45, 7) is 4.38. The van der Waals surface area contributed by atoms with Crippen molar-refractivity contribution in [2.75, 3.05) is 26.3 Å². The maximum absolute atomic E-state index is 12.4. The van der Waals surface area contributed by atoms with Crippen LogP contribution in [0.1, 0.15) is 22.8 Å². The molecule has 1 aliphatic heterocycles. The molecule has 2 aromatic rings. The molecule has 1 atom stereocenters. The van der Waals surface area contributed by atoms with E-state index in [1.807, 2.05) is 37.3 Å². The van der Waals surface area contributed by atoms with Gasteiger partial charge in [-0.05, 0) is 18.9 Å². The van der Waals surface area contributed by atoms with E-state index in [0.717, 1.165) is 12.0 Å². The predicted molar refractivity (Wildman–Crippen MR) is 103 cm³/mol. The SMILES string of the molecule is C[C@@H](Cc1ccccc1)NC(=O)OC[n+]1ccc(C(=O)N2CCOCC2)cc1.[Cl-]. The summed E-state index contributed by atoms with van der Waals surface area (Å²) < 4.78 is 12.2. The molecule has 0 unspecified atom stereocenters. The van der Waals surface area contributed by atoms with Crippen LogP contribution in [0.4, 0.5) is 4.79 Å². The molecule has 2 amide bonds. The zero-order valence-electron chi connectivity index (χ0n) is 16.4. The van der Waals surface area contributed by atoms with E-state index >= 15 is 0 Å². The number of pyridine rings is 1. The topological polar surface area (TPSA) is 71.8 Å². The van der Waals surface area contributed by atoms with Crippen molar-refractivity contribution in [1.82, 2.24) is 10.2 Å². The van der Waals surface area contributed by atoms with E-state index in [2.05, 4.69) is 5.32 Å². The van der Waals surface area contributed by atoms with E-state index in [1.54, 1.807) is 34.0 Å². The third kappa shape index (κ3) is 7.03. The lowest BCUT2D eigenvalue weighted by atomic mass is 10.1. The molecular formula is C21H26ClN3O4. The van der Waals surface area contributed by atoms with Crippen LogP contribution >= 0.6 is 0 Å². The number of rotatable bonds is 6. The number of morpholine rings is 1. The van der Waals surface area contributed by atoms with Crippen LogP contribution in [0.3, 0.4) is 0 Å². The summed E-state index contributed by atoms with van der Waals surface area (Å²) in [5.74, 6) is -0.0103. The first-order chi connectivity index (χ1) is 13.6. The van der Waals surface area contributed by atoms with Crippen molar-refractivity contribution in [2.45, 2.75) is 26.1 Å². The van der Waals surface area contributed by atoms with Gasteiger partial charge in [0.2, 0.25) is 0 Å². The number of hydrogen-bond acceptors (Lipinski definition) is 4. The lowest BCUT2D eigenvalue weighted by Crippen LogP contribution is -3.00. The summed E-state index contributed by atoms with van der Waals surface area (Å²) in [7, 11) is 0. The summed E-state index contributed by atoms with van der Waals surface area (Å²) in [6, 6.07) is 13.4. The average molecular weight is 420 g/mol. The van der Waals surface area contributed by atoms with Crippen LogP contribution in [0, 0.1) is 0 Å². The average Bonchev–Trinajstić information content (AvgIpc) is 2.73. The molecule has 2 heterocycles. The van der Waals surface area contributed by atoms with E-state index in [0.29, 0.717) is 31.9 Å². The Labute approximate surface area is 177 Å². The summed E-state index contributed by atoms with van der Waals surface area (Å²) in [4.78, 5) is 26.2. The van der Waals surface area contributed by atoms with Crippen LogP contribution in [-0.4, -0.2) is 49.2 Å². The van der Waals surface area contributed by atoms with Gasteiger partial charge in [-0.2, -0.15) is 4.57 Å². The highest BCUT2D eigenvalue weighted by atomic mass is 35.5. The number of hydrogen-bond donors (Lipinski definition) is 1. The van der Waals surface area contributed by atoms with E-state index in [4.69, 9.17) is 9.47 Å². The molecule has 1 fully saturated rings. The number of benzene rings is 1. The predicted octanol–water partition coefficient (Wildman–Crippen LogP) is -1.23. The number of carbonyl (C=O) groups is 2. The molecule has 1 saturated heterocycles. The molecule has 0 spiro atoms. The van der Waals surface area contributed by atoms with Gasteiger partial charge in [0, 0.05) is 31.3 Å². The third-order valence-electron chi connectivity index (χ3n) is 4.53. The lowest BCUT2D eigenvalue weighted by Gasteiger charge is -2.26. The van der Waals surface area contributed by atoms with Crippen molar-refractivity contribution in [3.8, 4) is 0 Å². The molecule has 0 bridgehead atoms. The minimum atomic E-state index is -0.468. The number of nitrogens with zero attached hydrogens (tertiary/aromatic N) is 2. The van der Waals surface area contributed by atoms with Gasteiger partial charge in [-0.25, -0.2) is 4.79 Å². The molecule has 3 rings (SSSR count). The largest absolute Gasteiger partial charge is 1.00 e. The molecule has 7 nitrogen and oxygen atoms in total. The van der Waals surface area contributed by atoms with Crippen molar-refractivity contribution in [3.63, 3.8) is 0 Å². The van der Waals surface area contributed by atoms with Gasteiger partial charge in [0.15, 0.2) is 12.4 Å². The molecule has 8 heteroatoms. The zero-order valence-corrected chi connectivity index (χ0v) is 17.2. The molecule has 0 saturated carbocycles. The highest BCUT2D eigenvalue weighted by Crippen LogP contribution is 2.06. The maximum Gasteiger partial charge on any atom is 0.412 e. The Kier molecular flexibility index (Phi) is 8.89. The highest BCUT2D eigenvalue weighted by molar-refractivity contribution is 5.94. The van der Waals surface area contributed by atoms with Gasteiger partial charge in [-0.3, -0.25) is 4.79 Å². The fourth-order valence-electron chi connectivity index (χ4n) is 3.03. The van der Waals surface area contributed by atoms with Gasteiger partial charge in [-0.15, -0.1) is 0 Å². The number of aromatic nitrogens is 1. The van der Waals surface area contributed by atoms with Crippen LogP contribution in [0.15, 0.2) is 54.9 Å². The summed E-state index contributed by atoms with van der Waals surface area (Å²) in [5.41, 5.74) is 1.77. The fourth-order valence-corrected chi connectivity index (χ4v) is 3.03. The smallest absolute Gasteiger partial charge is 0.412 e. The number of alkyl carbamates (subject to hydrolysis) is 1. The summed E-state index contributed by atoms with van der Waals surface area (Å²) in [5, 5.41) is 2.82. The molecule has 29 heavy (non-hydrogen) atoms. The van der Waals surface area contributed by atoms with Gasteiger partial charge in [0.1, 0.15) is 0 Å². The number of nitrogens with one attached hydrogen (secondary N) is 1. The minimum absolute atomic E-state index is 0. The second-order valence-electron chi connectivity index (χ2n) is 6.80. The first-order valence-electron chi connectivity index (χ1n) is 9.45. The number of ether oxygens (including phenoxy) is 2. The first-order valence-corrected chi connectivity index (χ1v) is 9.45. The fraction of sp³-hybridized carbons (Fsp3) is 0.381. The van der Waals surface area contributed by atoms with Crippen molar-refractivity contribution in [2.24, 2.45) is 0 Å². The molecule has 1 N–H and O–H groups in total. The van der Waals surface area contributed by atoms with E-state index in [9.17, 15) is 9.59 Å². The van der Waals surface area contributed by atoms with Crippen LogP contribution in [0.25, 0.3) is 0 Å². The molecule has 0 radical (unpaired) electrons. The molecule has 1 aromatic heterocycles. The van der Waals surface area contributed by atoms with Gasteiger partial charge >= 0.3 is 6.09 Å². The molecule has 156 valence electrons. The highest BCUT2D eigenvalue weighted by Gasteiger charge is 2.19. The minimum Gasteiger partial charge on any atom is -1.00 e. The van der Waals surface area contributed by atoms with Gasteiger partial charge in [0.25, 0.3) is 12.6 Å². The van der Waals surface area contributed by atoms with Crippen molar-refractivity contribution in [1.29, 1.82) is 0 Å². The molecular weight excluding hydrogens is 394 g/mol. The number of amides is 2. The first kappa shape index (κ1) is 22.6. The Balaban J connectivity index is 0.00000300. The Hall–Kier alpha value is -2.64. The second kappa shape index (κ2) is 11.4. The van der Waals surface area contributed by atoms with Gasteiger partial charge < -0.3 is 32.1 Å². The summed E-state index contributed by atoms with van der Waals surface area (Å²) >= 11 is 0. The van der Waals surface area contributed by atoms with E-state index in [-0.39, 0.29) is 31.1 Å². The Morgan fingerprint density at radius 1 is 1.14 bits per heavy atom. The lowest BCUT2D eigenvalue weighted by molar-refractivity contribution is -0.727. The molecule has 0 aliphatic carbocycles. The van der Waals surface area contributed by atoms with Crippen LogP contribution in [0.5, 0.6) is 0 Å². The third-order valence-corrected chi connectivity index (χ3v) is 4.53. The number of halogens is 1. The number of carbonyl (C=O) groups excluding carboxylic acids is 2. The van der Waals surface area contributed by atoms with Crippen molar-refractivity contribution in [3.05, 3.63) is 66.0 Å². The second-order valence-corrected chi connectivity index (χ2v) is 6.80. The van der Waals surface area contributed by atoms with Gasteiger partial charge in [-0.1, -0.05) is 30.3 Å². The Morgan fingerprint density at radius 3 is 2.45 bits per heavy atom. The normalized spacial score (nSPS) is 14.4. The maximum atomic E-state index is 12.4. The van der Waals surface area contributed by atoms with Crippen molar-refractivity contribution < 1.29 is 36.0 Å². The van der Waals surface area contributed by atoms with E-state index in [1.165, 1.54) is 0 Å². The quantitative estimate of drug-likeness (QED) is 0.595. The zero-order chi connectivity index (χ0) is 19.8. The Bertz CT molecular complexity index is 780. The van der Waals surface area contributed by atoms with Crippen LogP contribution in [0.2, 0.25) is 0 Å². The summed E-state index contributed by atoms with van der Waals surface area (Å²) in [6.07, 6.45) is 3.73. The van der Waals surface area contributed by atoms with Gasteiger partial charge in [0.05, 0.1) is 18.8 Å². The standard InChI is InChI=1S/C21H25N3O4.ClH/c1-17(15-18-5-3-2-4-6-18)22-21(26)28-16-23-9-7-19(8-10-23)20(25)24-11-13-27-14-12-24;/h2-10,17H,11-16H2,1H3;1H/t17-;/m0./s1. The monoisotopic (exact) mass is 419 g/mol. The molecule has 1 aliphatic rings. The van der Waals surface area contributed by atoms with Crippen molar-refractivity contribution >= 4 is 12.0 Å². The van der Waals surface area contributed by atoms with Crippen LogP contribution < -0.4 is 22.3 Å². The Morgan fingerprint density at radius 2 is 1.79 bits per heavy atom.